The molecule has 1 atom stereocenters. The van der Waals surface area contributed by atoms with Crippen LogP contribution in [0.25, 0.3) is 0 Å². The third-order valence-electron chi connectivity index (χ3n) is 2.68. The Morgan fingerprint density at radius 2 is 2.14 bits per heavy atom. The molecule has 0 amide bonds. The van der Waals surface area contributed by atoms with Crippen LogP contribution in [0.15, 0.2) is 0 Å². The average molecular weight is 202 g/mol. The summed E-state index contributed by atoms with van der Waals surface area (Å²) in [6.45, 7) is 3.30. The maximum absolute atomic E-state index is 5.60. The monoisotopic (exact) mass is 202 g/mol. The largest absolute Gasteiger partial charge is 0.383 e. The topological polar surface area (TPSA) is 47.7 Å². The van der Waals surface area contributed by atoms with Crippen molar-refractivity contribution < 1.29 is 9.47 Å². The van der Waals surface area contributed by atoms with E-state index < -0.39 is 0 Å². The van der Waals surface area contributed by atoms with Crippen LogP contribution in [0, 0.1) is 0 Å². The lowest BCUT2D eigenvalue weighted by Gasteiger charge is -2.25. The van der Waals surface area contributed by atoms with Crippen LogP contribution in [0.3, 0.4) is 0 Å². The van der Waals surface area contributed by atoms with E-state index in [0.29, 0.717) is 6.54 Å². The third-order valence-corrected chi connectivity index (χ3v) is 2.68. The normalized spacial score (nSPS) is 18.9. The van der Waals surface area contributed by atoms with Crippen LogP contribution in [0.4, 0.5) is 0 Å². The molecule has 1 saturated carbocycles. The molecule has 0 aliphatic heterocycles. The molecular weight excluding hydrogens is 180 g/mol. The van der Waals surface area contributed by atoms with Crippen molar-refractivity contribution in [3.63, 3.8) is 0 Å². The molecule has 0 spiro atoms. The fraction of sp³-hybridized carbons (Fsp3) is 1.00. The van der Waals surface area contributed by atoms with Gasteiger partial charge in [0.15, 0.2) is 0 Å². The van der Waals surface area contributed by atoms with Gasteiger partial charge in [-0.2, -0.15) is 0 Å². The fourth-order valence-corrected chi connectivity index (χ4v) is 1.58. The van der Waals surface area contributed by atoms with Gasteiger partial charge >= 0.3 is 0 Å². The Bertz CT molecular complexity index is 147. The fourth-order valence-electron chi connectivity index (χ4n) is 1.58. The highest BCUT2D eigenvalue weighted by Crippen LogP contribution is 2.26. The summed E-state index contributed by atoms with van der Waals surface area (Å²) in [6.07, 6.45) is 2.78. The summed E-state index contributed by atoms with van der Waals surface area (Å²) in [4.78, 5) is 2.42. The van der Waals surface area contributed by atoms with Crippen molar-refractivity contribution in [3.05, 3.63) is 0 Å². The van der Waals surface area contributed by atoms with Crippen molar-refractivity contribution in [2.75, 3.05) is 40.5 Å². The molecule has 0 aromatic heterocycles. The van der Waals surface area contributed by atoms with Gasteiger partial charge in [-0.25, -0.2) is 0 Å². The van der Waals surface area contributed by atoms with E-state index in [1.54, 1.807) is 14.2 Å². The summed E-state index contributed by atoms with van der Waals surface area (Å²) in [5.41, 5.74) is 5.60. The standard InChI is InChI=1S/C10H22N2O2/c1-13-6-5-12(9-3-4-9)8-10(7-11)14-2/h9-10H,3-8,11H2,1-2H3. The molecule has 4 heteroatoms. The van der Waals surface area contributed by atoms with E-state index in [1.807, 2.05) is 0 Å². The van der Waals surface area contributed by atoms with Gasteiger partial charge in [-0.05, 0) is 12.8 Å². The first-order valence-corrected chi connectivity index (χ1v) is 5.27. The predicted molar refractivity (Wildman–Crippen MR) is 56.3 cm³/mol. The predicted octanol–water partition coefficient (Wildman–Crippen LogP) is 0.0709. The maximum Gasteiger partial charge on any atom is 0.0820 e. The summed E-state index contributed by atoms with van der Waals surface area (Å²) >= 11 is 0. The number of rotatable bonds is 8. The number of methoxy groups -OCH3 is 2. The molecule has 1 rings (SSSR count). The first-order chi connectivity index (χ1) is 6.81. The van der Waals surface area contributed by atoms with E-state index in [9.17, 15) is 0 Å². The first kappa shape index (κ1) is 11.9. The molecule has 0 heterocycles. The Hall–Kier alpha value is -0.160. The van der Waals surface area contributed by atoms with E-state index >= 15 is 0 Å². The lowest BCUT2D eigenvalue weighted by atomic mass is 10.3. The van der Waals surface area contributed by atoms with E-state index in [2.05, 4.69) is 4.90 Å². The molecule has 0 saturated heterocycles. The quantitative estimate of drug-likeness (QED) is 0.605. The lowest BCUT2D eigenvalue weighted by molar-refractivity contribution is 0.0554. The Morgan fingerprint density at radius 1 is 1.43 bits per heavy atom. The van der Waals surface area contributed by atoms with Crippen LogP contribution >= 0.6 is 0 Å². The van der Waals surface area contributed by atoms with Crippen molar-refractivity contribution in [2.45, 2.75) is 25.0 Å². The van der Waals surface area contributed by atoms with Crippen molar-refractivity contribution in [2.24, 2.45) is 5.73 Å². The Morgan fingerprint density at radius 3 is 2.57 bits per heavy atom. The molecule has 0 aromatic carbocycles. The second-order valence-corrected chi connectivity index (χ2v) is 3.81. The smallest absolute Gasteiger partial charge is 0.0820 e. The number of hydrogen-bond acceptors (Lipinski definition) is 4. The second-order valence-electron chi connectivity index (χ2n) is 3.81. The van der Waals surface area contributed by atoms with E-state index in [1.165, 1.54) is 12.8 Å². The molecule has 2 N–H and O–H groups in total. The molecule has 1 unspecified atom stereocenters. The molecular formula is C10H22N2O2. The number of nitrogens with two attached hydrogens (primary N) is 1. The van der Waals surface area contributed by atoms with Crippen LogP contribution in [0.1, 0.15) is 12.8 Å². The van der Waals surface area contributed by atoms with E-state index in [0.717, 1.165) is 25.7 Å². The molecule has 1 fully saturated rings. The van der Waals surface area contributed by atoms with Crippen molar-refractivity contribution in [3.8, 4) is 0 Å². The maximum atomic E-state index is 5.60. The Balaban J connectivity index is 2.26. The lowest BCUT2D eigenvalue weighted by Crippen LogP contribution is -2.40. The summed E-state index contributed by atoms with van der Waals surface area (Å²) < 4.78 is 10.4. The zero-order valence-electron chi connectivity index (χ0n) is 9.24. The SMILES string of the molecule is COCCN(CC(CN)OC)C1CC1. The van der Waals surface area contributed by atoms with Gasteiger partial charge < -0.3 is 15.2 Å². The number of nitrogens with zero attached hydrogens (tertiary/aromatic N) is 1. The molecule has 0 aromatic rings. The minimum Gasteiger partial charge on any atom is -0.383 e. The summed E-state index contributed by atoms with van der Waals surface area (Å²) in [7, 11) is 3.46. The molecule has 84 valence electrons. The highest BCUT2D eigenvalue weighted by Gasteiger charge is 2.29. The van der Waals surface area contributed by atoms with Gasteiger partial charge in [-0.1, -0.05) is 0 Å². The zero-order chi connectivity index (χ0) is 10.4. The highest BCUT2D eigenvalue weighted by atomic mass is 16.5. The summed E-state index contributed by atoms with van der Waals surface area (Å²) in [5.74, 6) is 0. The zero-order valence-corrected chi connectivity index (χ0v) is 9.24. The van der Waals surface area contributed by atoms with Crippen LogP contribution in [-0.4, -0.2) is 57.5 Å². The molecule has 0 bridgehead atoms. The Labute approximate surface area is 86.3 Å². The van der Waals surface area contributed by atoms with Gasteiger partial charge in [0.25, 0.3) is 0 Å². The van der Waals surface area contributed by atoms with Crippen molar-refractivity contribution >= 4 is 0 Å². The van der Waals surface area contributed by atoms with Gasteiger partial charge in [0.2, 0.25) is 0 Å². The second kappa shape index (κ2) is 6.35. The molecule has 14 heavy (non-hydrogen) atoms. The molecule has 4 nitrogen and oxygen atoms in total. The Kier molecular flexibility index (Phi) is 5.40. The molecule has 1 aliphatic carbocycles. The summed E-state index contributed by atoms with van der Waals surface area (Å²) in [5, 5.41) is 0. The van der Waals surface area contributed by atoms with Gasteiger partial charge in [0.05, 0.1) is 12.7 Å². The van der Waals surface area contributed by atoms with Crippen LogP contribution in [0.2, 0.25) is 0 Å². The van der Waals surface area contributed by atoms with Gasteiger partial charge in [0, 0.05) is 39.9 Å². The number of hydrogen-bond donors (Lipinski definition) is 1. The van der Waals surface area contributed by atoms with Crippen LogP contribution < -0.4 is 5.73 Å². The van der Waals surface area contributed by atoms with Crippen LogP contribution in [-0.2, 0) is 9.47 Å². The van der Waals surface area contributed by atoms with Gasteiger partial charge in [-0.3, -0.25) is 4.90 Å². The molecule has 1 aliphatic rings. The highest BCUT2D eigenvalue weighted by molar-refractivity contribution is 4.85. The number of ether oxygens (including phenoxy) is 2. The molecule has 0 radical (unpaired) electrons. The third kappa shape index (κ3) is 3.92. The summed E-state index contributed by atoms with van der Waals surface area (Å²) in [6, 6.07) is 0.745. The average Bonchev–Trinajstić information content (AvgIpc) is 3.02. The van der Waals surface area contributed by atoms with E-state index in [-0.39, 0.29) is 6.10 Å². The van der Waals surface area contributed by atoms with Crippen molar-refractivity contribution in [1.82, 2.24) is 4.90 Å². The minimum atomic E-state index is 0.160. The van der Waals surface area contributed by atoms with Crippen molar-refractivity contribution in [1.29, 1.82) is 0 Å². The first-order valence-electron chi connectivity index (χ1n) is 5.27. The van der Waals surface area contributed by atoms with Crippen LogP contribution in [0.5, 0.6) is 0 Å². The van der Waals surface area contributed by atoms with Gasteiger partial charge in [-0.15, -0.1) is 0 Å². The van der Waals surface area contributed by atoms with E-state index in [4.69, 9.17) is 15.2 Å². The van der Waals surface area contributed by atoms with Gasteiger partial charge in [0.1, 0.15) is 0 Å². The minimum absolute atomic E-state index is 0.160.